The molecular formula is C14H28N6O. The fourth-order valence-corrected chi connectivity index (χ4v) is 2.18. The number of hydrogen-bond donors (Lipinski definition) is 1. The molecule has 1 rings (SSSR count). The van der Waals surface area contributed by atoms with E-state index >= 15 is 0 Å². The third-order valence-electron chi connectivity index (χ3n) is 3.37. The molecule has 7 heteroatoms. The summed E-state index contributed by atoms with van der Waals surface area (Å²) in [5, 5.41) is 3.97. The van der Waals surface area contributed by atoms with Crippen LogP contribution in [0.5, 0.6) is 0 Å². The third kappa shape index (κ3) is 6.12. The standard InChI is InChI=1S/C14H28N6O/c1-5-18(6-2)7-8-19(9-12(3)4)13(21)10-20-11-16-14(15)17-20/h11-12H,5-10H2,1-4H3,(H2,15,17). The average molecular weight is 296 g/mol. The average Bonchev–Trinajstić information content (AvgIpc) is 2.83. The van der Waals surface area contributed by atoms with Crippen LogP contribution in [0.3, 0.4) is 0 Å². The van der Waals surface area contributed by atoms with Crippen LogP contribution in [0.15, 0.2) is 6.33 Å². The van der Waals surface area contributed by atoms with Crippen molar-refractivity contribution < 1.29 is 4.79 Å². The second-order valence-electron chi connectivity index (χ2n) is 5.56. The second-order valence-corrected chi connectivity index (χ2v) is 5.56. The molecule has 120 valence electrons. The van der Waals surface area contributed by atoms with Gasteiger partial charge in [-0.25, -0.2) is 9.67 Å². The van der Waals surface area contributed by atoms with E-state index in [-0.39, 0.29) is 18.4 Å². The fourth-order valence-electron chi connectivity index (χ4n) is 2.18. The van der Waals surface area contributed by atoms with Crippen LogP contribution >= 0.6 is 0 Å². The second kappa shape index (κ2) is 8.61. The molecule has 0 aliphatic heterocycles. The largest absolute Gasteiger partial charge is 0.367 e. The van der Waals surface area contributed by atoms with E-state index in [0.717, 1.165) is 32.7 Å². The normalized spacial score (nSPS) is 11.3. The maximum Gasteiger partial charge on any atom is 0.244 e. The lowest BCUT2D eigenvalue weighted by molar-refractivity contribution is -0.132. The van der Waals surface area contributed by atoms with Gasteiger partial charge in [0.2, 0.25) is 11.9 Å². The molecular weight excluding hydrogens is 268 g/mol. The molecule has 0 fully saturated rings. The van der Waals surface area contributed by atoms with Gasteiger partial charge in [0, 0.05) is 19.6 Å². The monoisotopic (exact) mass is 296 g/mol. The molecule has 1 heterocycles. The Morgan fingerprint density at radius 1 is 1.33 bits per heavy atom. The van der Waals surface area contributed by atoms with Crippen LogP contribution in [-0.2, 0) is 11.3 Å². The zero-order valence-electron chi connectivity index (χ0n) is 13.6. The van der Waals surface area contributed by atoms with Crippen LogP contribution in [0.1, 0.15) is 27.7 Å². The lowest BCUT2D eigenvalue weighted by Gasteiger charge is -2.27. The predicted octanol–water partition coefficient (Wildman–Crippen LogP) is 0.687. The Morgan fingerprint density at radius 3 is 2.48 bits per heavy atom. The van der Waals surface area contributed by atoms with Crippen LogP contribution in [-0.4, -0.2) is 63.2 Å². The molecule has 0 aromatic carbocycles. The number of carbonyl (C=O) groups is 1. The Labute approximate surface area is 127 Å². The van der Waals surface area contributed by atoms with Gasteiger partial charge in [0.15, 0.2) is 0 Å². The van der Waals surface area contributed by atoms with Gasteiger partial charge in [-0.05, 0) is 19.0 Å². The lowest BCUT2D eigenvalue weighted by Crippen LogP contribution is -2.42. The number of likely N-dealkylation sites (N-methyl/N-ethyl adjacent to an activating group) is 1. The number of anilines is 1. The van der Waals surface area contributed by atoms with Crippen LogP contribution in [0.2, 0.25) is 0 Å². The highest BCUT2D eigenvalue weighted by Gasteiger charge is 2.16. The number of rotatable bonds is 9. The minimum absolute atomic E-state index is 0.0563. The van der Waals surface area contributed by atoms with E-state index in [1.807, 2.05) is 4.90 Å². The van der Waals surface area contributed by atoms with E-state index in [1.54, 1.807) is 0 Å². The zero-order valence-corrected chi connectivity index (χ0v) is 13.6. The van der Waals surface area contributed by atoms with E-state index in [0.29, 0.717) is 5.92 Å². The number of carbonyl (C=O) groups excluding carboxylic acids is 1. The molecule has 7 nitrogen and oxygen atoms in total. The molecule has 0 aliphatic rings. The van der Waals surface area contributed by atoms with Gasteiger partial charge in [0.1, 0.15) is 12.9 Å². The Bertz CT molecular complexity index is 427. The van der Waals surface area contributed by atoms with Gasteiger partial charge in [-0.2, -0.15) is 0 Å². The van der Waals surface area contributed by atoms with E-state index in [9.17, 15) is 4.79 Å². The number of amides is 1. The number of nitrogens with zero attached hydrogens (tertiary/aromatic N) is 5. The Morgan fingerprint density at radius 2 is 2.00 bits per heavy atom. The summed E-state index contributed by atoms with van der Waals surface area (Å²) in [5.41, 5.74) is 5.47. The van der Waals surface area contributed by atoms with Gasteiger partial charge in [-0.1, -0.05) is 27.7 Å². The van der Waals surface area contributed by atoms with E-state index in [2.05, 4.69) is 42.7 Å². The molecule has 1 aromatic heterocycles. The topological polar surface area (TPSA) is 80.3 Å². The molecule has 0 saturated heterocycles. The third-order valence-corrected chi connectivity index (χ3v) is 3.37. The molecule has 0 unspecified atom stereocenters. The summed E-state index contributed by atoms with van der Waals surface area (Å²) in [6, 6.07) is 0. The SMILES string of the molecule is CCN(CC)CCN(CC(C)C)C(=O)Cn1cnc(N)n1. The van der Waals surface area contributed by atoms with Gasteiger partial charge >= 0.3 is 0 Å². The Hall–Kier alpha value is -1.63. The summed E-state index contributed by atoms with van der Waals surface area (Å²) in [6.07, 6.45) is 1.49. The van der Waals surface area contributed by atoms with Crippen LogP contribution in [0.4, 0.5) is 5.95 Å². The van der Waals surface area contributed by atoms with Crippen molar-refractivity contribution in [2.24, 2.45) is 5.92 Å². The van der Waals surface area contributed by atoms with Crippen molar-refractivity contribution in [3.8, 4) is 0 Å². The Balaban J connectivity index is 2.60. The van der Waals surface area contributed by atoms with Gasteiger partial charge in [-0.15, -0.1) is 5.10 Å². The first-order valence-electron chi connectivity index (χ1n) is 7.61. The summed E-state index contributed by atoms with van der Waals surface area (Å²) in [6.45, 7) is 13.1. The van der Waals surface area contributed by atoms with E-state index < -0.39 is 0 Å². The molecule has 0 atom stereocenters. The van der Waals surface area contributed by atoms with Crippen molar-refractivity contribution in [3.05, 3.63) is 6.33 Å². The van der Waals surface area contributed by atoms with Gasteiger partial charge in [-0.3, -0.25) is 4.79 Å². The molecule has 2 N–H and O–H groups in total. The molecule has 0 spiro atoms. The maximum atomic E-state index is 12.4. The van der Waals surface area contributed by atoms with Crippen LogP contribution in [0.25, 0.3) is 0 Å². The highest BCUT2D eigenvalue weighted by Crippen LogP contribution is 2.02. The highest BCUT2D eigenvalue weighted by atomic mass is 16.2. The molecule has 1 amide bonds. The highest BCUT2D eigenvalue weighted by molar-refractivity contribution is 5.75. The van der Waals surface area contributed by atoms with Crippen molar-refractivity contribution in [2.75, 3.05) is 38.5 Å². The summed E-state index contributed by atoms with van der Waals surface area (Å²) < 4.78 is 1.49. The van der Waals surface area contributed by atoms with Crippen molar-refractivity contribution in [2.45, 2.75) is 34.2 Å². The number of nitrogen functional groups attached to an aromatic ring is 1. The molecule has 0 saturated carbocycles. The number of aromatic nitrogens is 3. The van der Waals surface area contributed by atoms with Crippen molar-refractivity contribution in [1.29, 1.82) is 0 Å². The lowest BCUT2D eigenvalue weighted by atomic mass is 10.2. The fraction of sp³-hybridized carbons (Fsp3) is 0.786. The summed E-state index contributed by atoms with van der Waals surface area (Å²) >= 11 is 0. The van der Waals surface area contributed by atoms with Crippen LogP contribution in [0, 0.1) is 5.92 Å². The van der Waals surface area contributed by atoms with Gasteiger partial charge in [0.05, 0.1) is 0 Å². The molecule has 1 aromatic rings. The van der Waals surface area contributed by atoms with Gasteiger partial charge in [0.25, 0.3) is 0 Å². The molecule has 0 radical (unpaired) electrons. The minimum atomic E-state index is 0.0563. The quantitative estimate of drug-likeness (QED) is 0.725. The Kier molecular flexibility index (Phi) is 7.14. The first-order valence-corrected chi connectivity index (χ1v) is 7.61. The molecule has 0 aliphatic carbocycles. The summed E-state index contributed by atoms with van der Waals surface area (Å²) in [7, 11) is 0. The first kappa shape index (κ1) is 17.4. The maximum absolute atomic E-state index is 12.4. The molecule has 0 bridgehead atoms. The van der Waals surface area contributed by atoms with E-state index in [4.69, 9.17) is 5.73 Å². The van der Waals surface area contributed by atoms with Crippen LogP contribution < -0.4 is 5.73 Å². The zero-order chi connectivity index (χ0) is 15.8. The summed E-state index contributed by atoms with van der Waals surface area (Å²) in [5.74, 6) is 0.688. The van der Waals surface area contributed by atoms with E-state index in [1.165, 1.54) is 11.0 Å². The minimum Gasteiger partial charge on any atom is -0.367 e. The number of hydrogen-bond acceptors (Lipinski definition) is 5. The van der Waals surface area contributed by atoms with Gasteiger partial charge < -0.3 is 15.5 Å². The van der Waals surface area contributed by atoms with Crippen molar-refractivity contribution >= 4 is 11.9 Å². The number of nitrogens with two attached hydrogens (primary N) is 1. The first-order chi connectivity index (χ1) is 9.96. The predicted molar refractivity (Wildman–Crippen MR) is 83.6 cm³/mol. The smallest absolute Gasteiger partial charge is 0.244 e. The van der Waals surface area contributed by atoms with Crippen molar-refractivity contribution in [3.63, 3.8) is 0 Å². The summed E-state index contributed by atoms with van der Waals surface area (Å²) in [4.78, 5) is 20.5. The van der Waals surface area contributed by atoms with Crippen molar-refractivity contribution in [1.82, 2.24) is 24.6 Å². The molecule has 21 heavy (non-hydrogen) atoms.